The number of alkyl carbamates (subject to hydrolysis) is 1. The van der Waals surface area contributed by atoms with Crippen LogP contribution in [0.15, 0.2) is 11.2 Å². The molecule has 0 radical (unpaired) electrons. The SMILES string of the molecule is NCCCC[C@@H]1NC(=O)n2cc(nn2)CCOC(=O)NCCCC[C@@H](C(=O)C(F)(F)F)NC(=O)[C@H](CCCN=C(N)N)NC1=O. The van der Waals surface area contributed by atoms with E-state index >= 15 is 0 Å². The normalized spacial score (nSPS) is 21.2. The first-order chi connectivity index (χ1) is 21.3. The molecule has 17 nitrogen and oxygen atoms in total. The minimum absolute atomic E-state index is 0.0189. The predicted octanol–water partition coefficient (Wildman–Crippen LogP) is -1.06. The van der Waals surface area contributed by atoms with Crippen molar-refractivity contribution in [2.24, 2.45) is 22.2 Å². The summed E-state index contributed by atoms with van der Waals surface area (Å²) in [5.74, 6) is -4.28. The number of fused-ring (bicyclic) bond motifs is 2. The van der Waals surface area contributed by atoms with Crippen molar-refractivity contribution in [3.63, 3.8) is 0 Å². The van der Waals surface area contributed by atoms with Gasteiger partial charge in [-0.05, 0) is 57.9 Å². The average Bonchev–Trinajstić information content (AvgIpc) is 3.45. The van der Waals surface area contributed by atoms with E-state index in [2.05, 4.69) is 36.6 Å². The molecule has 2 heterocycles. The molecular formula is C25H40F3N11O6. The highest BCUT2D eigenvalue weighted by atomic mass is 19.4. The Kier molecular flexibility index (Phi) is 15.0. The monoisotopic (exact) mass is 647 g/mol. The number of ketones is 1. The van der Waals surface area contributed by atoms with Gasteiger partial charge in [0.05, 0.1) is 24.5 Å². The number of aliphatic imine (C=N–C) groups is 1. The second-order valence-corrected chi connectivity index (χ2v) is 10.2. The molecule has 20 heteroatoms. The van der Waals surface area contributed by atoms with Gasteiger partial charge in [-0.25, -0.2) is 9.59 Å². The number of hydrogen-bond acceptors (Lipinski definition) is 10. The Morgan fingerprint density at radius 2 is 1.71 bits per heavy atom. The minimum Gasteiger partial charge on any atom is -0.449 e. The Morgan fingerprint density at radius 1 is 1.02 bits per heavy atom. The van der Waals surface area contributed by atoms with Crippen molar-refractivity contribution >= 4 is 35.7 Å². The van der Waals surface area contributed by atoms with Crippen LogP contribution in [0.25, 0.3) is 0 Å². The number of hydrogen-bond donors (Lipinski definition) is 7. The lowest BCUT2D eigenvalue weighted by molar-refractivity contribution is -0.174. The lowest BCUT2D eigenvalue weighted by atomic mass is 10.0. The Balaban J connectivity index is 2.37. The highest BCUT2D eigenvalue weighted by molar-refractivity contribution is 5.96. The van der Waals surface area contributed by atoms with Gasteiger partial charge in [-0.2, -0.15) is 17.9 Å². The molecule has 252 valence electrons. The number of nitrogens with zero attached hydrogens (tertiary/aromatic N) is 4. The summed E-state index contributed by atoms with van der Waals surface area (Å²) in [7, 11) is 0. The highest BCUT2D eigenvalue weighted by Crippen LogP contribution is 2.20. The molecule has 1 aliphatic heterocycles. The number of carbonyl (C=O) groups excluding carboxylic acids is 5. The van der Waals surface area contributed by atoms with Crippen molar-refractivity contribution in [2.45, 2.75) is 82.1 Å². The van der Waals surface area contributed by atoms with E-state index in [9.17, 15) is 37.1 Å². The van der Waals surface area contributed by atoms with Crippen molar-refractivity contribution in [2.75, 3.05) is 26.2 Å². The minimum atomic E-state index is -5.25. The fourth-order valence-corrected chi connectivity index (χ4v) is 4.24. The van der Waals surface area contributed by atoms with Crippen LogP contribution in [0.5, 0.6) is 0 Å². The maximum Gasteiger partial charge on any atom is 0.452 e. The summed E-state index contributed by atoms with van der Waals surface area (Å²) in [4.78, 5) is 67.5. The number of rotatable bonds is 9. The molecule has 2 bridgehead atoms. The van der Waals surface area contributed by atoms with E-state index in [1.807, 2.05) is 0 Å². The van der Waals surface area contributed by atoms with Crippen LogP contribution in [-0.2, 0) is 25.5 Å². The maximum atomic E-state index is 13.4. The molecule has 0 aromatic carbocycles. The van der Waals surface area contributed by atoms with Crippen LogP contribution in [-0.4, -0.2) is 101 Å². The zero-order valence-electron chi connectivity index (χ0n) is 24.6. The third-order valence-corrected chi connectivity index (χ3v) is 6.58. The second-order valence-electron chi connectivity index (χ2n) is 10.2. The van der Waals surface area contributed by atoms with Crippen LogP contribution in [0.3, 0.4) is 0 Å². The van der Waals surface area contributed by atoms with E-state index in [0.29, 0.717) is 25.1 Å². The summed E-state index contributed by atoms with van der Waals surface area (Å²) >= 11 is 0. The fourth-order valence-electron chi connectivity index (χ4n) is 4.24. The predicted molar refractivity (Wildman–Crippen MR) is 152 cm³/mol. The van der Waals surface area contributed by atoms with Gasteiger partial charge in [0.2, 0.25) is 11.8 Å². The number of Topliss-reactive ketones (excluding diaryl/α,β-unsaturated/α-hetero) is 1. The molecule has 0 fully saturated rings. The zero-order valence-corrected chi connectivity index (χ0v) is 24.6. The molecule has 2 rings (SSSR count). The van der Waals surface area contributed by atoms with Gasteiger partial charge in [-0.3, -0.25) is 19.4 Å². The van der Waals surface area contributed by atoms with Gasteiger partial charge in [-0.1, -0.05) is 5.21 Å². The fraction of sp³-hybridized carbons (Fsp3) is 0.680. The lowest BCUT2D eigenvalue weighted by Gasteiger charge is -2.25. The molecule has 0 aliphatic carbocycles. The number of unbranched alkanes of at least 4 members (excludes halogenated alkanes) is 1. The van der Waals surface area contributed by atoms with E-state index < -0.39 is 60.4 Å². The molecule has 1 aromatic heterocycles. The van der Waals surface area contributed by atoms with Crippen LogP contribution in [0.2, 0.25) is 0 Å². The number of halogens is 3. The number of amides is 4. The number of guanidine groups is 1. The van der Waals surface area contributed by atoms with Gasteiger partial charge in [-0.15, -0.1) is 5.10 Å². The number of cyclic esters (lactones) is 1. The second kappa shape index (κ2) is 18.3. The molecule has 0 spiro atoms. The van der Waals surface area contributed by atoms with Gasteiger partial charge in [0, 0.05) is 19.5 Å². The molecule has 10 N–H and O–H groups in total. The molecule has 3 atom stereocenters. The molecule has 0 saturated carbocycles. The smallest absolute Gasteiger partial charge is 0.449 e. The van der Waals surface area contributed by atoms with Gasteiger partial charge in [0.1, 0.15) is 12.1 Å². The topological polar surface area (TPSA) is 264 Å². The Hall–Kier alpha value is -4.49. The molecule has 1 aromatic rings. The average molecular weight is 648 g/mol. The van der Waals surface area contributed by atoms with Crippen molar-refractivity contribution < 1.29 is 41.9 Å². The quantitative estimate of drug-likeness (QED) is 0.0965. The number of aromatic nitrogens is 3. The summed E-state index contributed by atoms with van der Waals surface area (Å²) in [6.45, 7) is 0.243. The Labute approximate surface area is 256 Å². The van der Waals surface area contributed by atoms with Gasteiger partial charge >= 0.3 is 18.3 Å². The van der Waals surface area contributed by atoms with Crippen LogP contribution in [0, 0.1) is 0 Å². The number of nitrogens with two attached hydrogens (primary N) is 3. The van der Waals surface area contributed by atoms with Gasteiger partial charge < -0.3 is 43.2 Å². The number of nitrogens with one attached hydrogen (secondary N) is 4. The van der Waals surface area contributed by atoms with Crippen molar-refractivity contribution in [1.82, 2.24) is 36.3 Å². The molecule has 0 saturated heterocycles. The molecule has 45 heavy (non-hydrogen) atoms. The summed E-state index contributed by atoms with van der Waals surface area (Å²) in [6.07, 6.45) is -3.86. The largest absolute Gasteiger partial charge is 0.452 e. The number of carbonyl (C=O) groups is 5. The van der Waals surface area contributed by atoms with Crippen molar-refractivity contribution in [1.29, 1.82) is 0 Å². The first-order valence-electron chi connectivity index (χ1n) is 14.4. The summed E-state index contributed by atoms with van der Waals surface area (Å²) < 4.78 is 46.1. The summed E-state index contributed by atoms with van der Waals surface area (Å²) in [5, 5.41) is 17.1. The first-order valence-corrected chi connectivity index (χ1v) is 14.4. The number of alkyl halides is 3. The van der Waals surface area contributed by atoms with Crippen LogP contribution in [0.1, 0.15) is 57.1 Å². The van der Waals surface area contributed by atoms with Gasteiger partial charge in [0.15, 0.2) is 5.96 Å². The first kappa shape index (κ1) is 36.7. The maximum absolute atomic E-state index is 13.4. The van der Waals surface area contributed by atoms with E-state index in [4.69, 9.17) is 21.9 Å². The molecule has 1 aliphatic rings. The highest BCUT2D eigenvalue weighted by Gasteiger charge is 2.44. The van der Waals surface area contributed by atoms with E-state index in [1.165, 1.54) is 6.20 Å². The lowest BCUT2D eigenvalue weighted by Crippen LogP contribution is -2.57. The van der Waals surface area contributed by atoms with Gasteiger partial charge in [0.25, 0.3) is 5.78 Å². The summed E-state index contributed by atoms with van der Waals surface area (Å²) in [6, 6.07) is -5.43. The zero-order chi connectivity index (χ0) is 33.4. The van der Waals surface area contributed by atoms with E-state index in [1.54, 1.807) is 0 Å². The van der Waals surface area contributed by atoms with Crippen molar-refractivity contribution in [3.8, 4) is 0 Å². The third kappa shape index (κ3) is 13.4. The Morgan fingerprint density at radius 3 is 2.40 bits per heavy atom. The third-order valence-electron chi connectivity index (χ3n) is 6.58. The van der Waals surface area contributed by atoms with E-state index in [-0.39, 0.29) is 64.2 Å². The Bertz CT molecular complexity index is 1190. The standard InChI is InChI=1S/C25H40F3N11O6/c26-25(27,28)19(40)16-6-2-4-11-33-24(44)45-13-9-15-14-39(38-37-15)23(43)36-18(7-1-3-10-29)21(42)35-17(20(41)34-16)8-5-12-32-22(30)31/h14,16-18H,1-13,29H2,(H,33,44)(H,34,41)(H,35,42)(H,36,43)(H4,30,31,32)/t16-,17-,18-/m0/s1. The molecular weight excluding hydrogens is 607 g/mol. The summed E-state index contributed by atoms with van der Waals surface area (Å²) in [5.41, 5.74) is 16.5. The molecule has 4 amide bonds. The number of ether oxygens (including phenoxy) is 1. The van der Waals surface area contributed by atoms with Crippen LogP contribution < -0.4 is 38.5 Å². The molecule has 0 unspecified atom stereocenters. The van der Waals surface area contributed by atoms with Crippen LogP contribution in [0.4, 0.5) is 22.8 Å². The van der Waals surface area contributed by atoms with Crippen molar-refractivity contribution in [3.05, 3.63) is 11.9 Å². The van der Waals surface area contributed by atoms with Crippen LogP contribution >= 0.6 is 0 Å². The van der Waals surface area contributed by atoms with E-state index in [0.717, 1.165) is 4.68 Å².